The molecule has 0 bridgehead atoms. The van der Waals surface area contributed by atoms with Gasteiger partial charge >= 0.3 is 0 Å². The third-order valence-corrected chi connectivity index (χ3v) is 3.43. The lowest BCUT2D eigenvalue weighted by Crippen LogP contribution is -1.95. The van der Waals surface area contributed by atoms with Crippen molar-refractivity contribution in [3.8, 4) is 6.07 Å². The molecule has 0 radical (unpaired) electrons. The van der Waals surface area contributed by atoms with Crippen molar-refractivity contribution < 1.29 is 0 Å². The lowest BCUT2D eigenvalue weighted by molar-refractivity contribution is 1.28. The van der Waals surface area contributed by atoms with Gasteiger partial charge in [-0.2, -0.15) is 5.26 Å². The molecular weight excluding hydrogens is 346 g/mol. The number of pyridine rings is 1. The maximum Gasteiger partial charge on any atom is 0.130 e. The van der Waals surface area contributed by atoms with E-state index in [0.717, 1.165) is 14.6 Å². The molecule has 0 saturated heterocycles. The summed E-state index contributed by atoms with van der Waals surface area (Å²) in [5.41, 5.74) is 1.45. The van der Waals surface area contributed by atoms with E-state index < -0.39 is 0 Å². The first-order chi connectivity index (χ1) is 8.20. The van der Waals surface area contributed by atoms with Crippen molar-refractivity contribution in [3.05, 3.63) is 51.0 Å². The van der Waals surface area contributed by atoms with E-state index in [1.165, 1.54) is 6.20 Å². The van der Waals surface area contributed by atoms with Gasteiger partial charge in [0.25, 0.3) is 0 Å². The van der Waals surface area contributed by atoms with Crippen LogP contribution in [0.3, 0.4) is 0 Å². The Labute approximate surface area is 116 Å². The summed E-state index contributed by atoms with van der Waals surface area (Å²) in [7, 11) is 0. The van der Waals surface area contributed by atoms with Crippen LogP contribution in [0.1, 0.15) is 5.56 Å². The standard InChI is InChI=1S/C12H7Br2N3/c13-9-2-1-3-10(14)12(9)17-11-5-4-8(6-15)7-16-11/h1-5,7H,(H,16,17). The summed E-state index contributed by atoms with van der Waals surface area (Å²) in [6.45, 7) is 0. The first-order valence-electron chi connectivity index (χ1n) is 4.78. The second kappa shape index (κ2) is 5.30. The minimum absolute atomic E-state index is 0.543. The Morgan fingerprint density at radius 1 is 1.12 bits per heavy atom. The van der Waals surface area contributed by atoms with E-state index in [9.17, 15) is 0 Å². The van der Waals surface area contributed by atoms with Crippen LogP contribution in [0.15, 0.2) is 45.5 Å². The van der Waals surface area contributed by atoms with Crippen molar-refractivity contribution in [3.63, 3.8) is 0 Å². The van der Waals surface area contributed by atoms with E-state index in [1.54, 1.807) is 12.1 Å². The highest BCUT2D eigenvalue weighted by molar-refractivity contribution is 9.11. The van der Waals surface area contributed by atoms with Gasteiger partial charge in [0.15, 0.2) is 0 Å². The highest BCUT2D eigenvalue weighted by atomic mass is 79.9. The van der Waals surface area contributed by atoms with Gasteiger partial charge in [-0.1, -0.05) is 6.07 Å². The normalized spacial score (nSPS) is 9.71. The second-order valence-corrected chi connectivity index (χ2v) is 4.97. The van der Waals surface area contributed by atoms with Crippen molar-refractivity contribution in [2.45, 2.75) is 0 Å². The van der Waals surface area contributed by atoms with Crippen LogP contribution in [-0.2, 0) is 0 Å². The van der Waals surface area contributed by atoms with Gasteiger partial charge in [0.1, 0.15) is 11.9 Å². The zero-order valence-corrected chi connectivity index (χ0v) is 11.8. The van der Waals surface area contributed by atoms with Crippen molar-refractivity contribution in [2.24, 2.45) is 0 Å². The molecule has 0 unspecified atom stereocenters. The van der Waals surface area contributed by atoms with Crippen LogP contribution in [0.25, 0.3) is 0 Å². The summed E-state index contributed by atoms with van der Waals surface area (Å²) in [4.78, 5) is 4.15. The van der Waals surface area contributed by atoms with E-state index in [2.05, 4.69) is 42.2 Å². The number of anilines is 2. The van der Waals surface area contributed by atoms with E-state index >= 15 is 0 Å². The number of nitrogens with one attached hydrogen (secondary N) is 1. The number of hydrogen-bond acceptors (Lipinski definition) is 3. The molecular formula is C12H7Br2N3. The average Bonchev–Trinajstić information content (AvgIpc) is 2.35. The molecule has 1 N–H and O–H groups in total. The molecule has 0 aliphatic rings. The molecule has 0 atom stereocenters. The number of para-hydroxylation sites is 1. The smallest absolute Gasteiger partial charge is 0.130 e. The fourth-order valence-corrected chi connectivity index (χ4v) is 2.48. The Bertz CT molecular complexity index is 553. The van der Waals surface area contributed by atoms with Crippen LogP contribution in [0.5, 0.6) is 0 Å². The summed E-state index contributed by atoms with van der Waals surface area (Å²) in [6, 6.07) is 11.3. The molecule has 0 aliphatic carbocycles. The average molecular weight is 353 g/mol. The van der Waals surface area contributed by atoms with Gasteiger partial charge < -0.3 is 5.32 Å². The number of hydrogen-bond donors (Lipinski definition) is 1. The van der Waals surface area contributed by atoms with E-state index in [0.29, 0.717) is 11.4 Å². The van der Waals surface area contributed by atoms with Crippen LogP contribution in [-0.4, -0.2) is 4.98 Å². The summed E-state index contributed by atoms with van der Waals surface area (Å²) >= 11 is 6.92. The maximum absolute atomic E-state index is 8.68. The first kappa shape index (κ1) is 12.1. The Kier molecular flexibility index (Phi) is 3.77. The zero-order chi connectivity index (χ0) is 12.3. The quantitative estimate of drug-likeness (QED) is 0.880. The van der Waals surface area contributed by atoms with Gasteiger partial charge in [-0.3, -0.25) is 0 Å². The summed E-state index contributed by atoms with van der Waals surface area (Å²) in [5.74, 6) is 0.691. The third kappa shape index (κ3) is 2.84. The molecule has 3 nitrogen and oxygen atoms in total. The third-order valence-electron chi connectivity index (χ3n) is 2.11. The van der Waals surface area contributed by atoms with E-state index in [4.69, 9.17) is 5.26 Å². The Balaban J connectivity index is 2.29. The molecule has 1 heterocycles. The molecule has 1 aromatic heterocycles. The molecule has 2 rings (SSSR count). The zero-order valence-electron chi connectivity index (χ0n) is 8.61. The fraction of sp³-hybridized carbons (Fsp3) is 0. The van der Waals surface area contributed by atoms with Crippen LogP contribution in [0.4, 0.5) is 11.5 Å². The SMILES string of the molecule is N#Cc1ccc(Nc2c(Br)cccc2Br)nc1. The maximum atomic E-state index is 8.68. The minimum atomic E-state index is 0.543. The highest BCUT2D eigenvalue weighted by Gasteiger charge is 2.05. The Morgan fingerprint density at radius 2 is 1.82 bits per heavy atom. The predicted molar refractivity (Wildman–Crippen MR) is 74.1 cm³/mol. The number of nitrogens with zero attached hydrogens (tertiary/aromatic N) is 2. The topological polar surface area (TPSA) is 48.7 Å². The summed E-state index contributed by atoms with van der Waals surface area (Å²) < 4.78 is 1.89. The largest absolute Gasteiger partial charge is 0.338 e. The minimum Gasteiger partial charge on any atom is -0.338 e. The van der Waals surface area contributed by atoms with Crippen LogP contribution < -0.4 is 5.32 Å². The van der Waals surface area contributed by atoms with Gasteiger partial charge in [0.2, 0.25) is 0 Å². The Hall–Kier alpha value is -1.38. The van der Waals surface area contributed by atoms with Crippen molar-refractivity contribution in [2.75, 3.05) is 5.32 Å². The molecule has 1 aromatic carbocycles. The van der Waals surface area contributed by atoms with Crippen molar-refractivity contribution in [1.29, 1.82) is 5.26 Å². The highest BCUT2D eigenvalue weighted by Crippen LogP contribution is 2.32. The number of halogens is 2. The van der Waals surface area contributed by atoms with Crippen LogP contribution in [0, 0.1) is 11.3 Å². The monoisotopic (exact) mass is 351 g/mol. The number of nitriles is 1. The number of benzene rings is 1. The van der Waals surface area contributed by atoms with Gasteiger partial charge in [0.05, 0.1) is 11.3 Å². The molecule has 17 heavy (non-hydrogen) atoms. The fourth-order valence-electron chi connectivity index (χ4n) is 1.28. The molecule has 0 spiro atoms. The molecule has 0 fully saturated rings. The van der Waals surface area contributed by atoms with Crippen LogP contribution in [0.2, 0.25) is 0 Å². The summed E-state index contributed by atoms with van der Waals surface area (Å²) in [5, 5.41) is 11.9. The predicted octanol–water partition coefficient (Wildman–Crippen LogP) is 4.22. The van der Waals surface area contributed by atoms with Gasteiger partial charge in [-0.05, 0) is 56.1 Å². The van der Waals surface area contributed by atoms with Crippen molar-refractivity contribution >= 4 is 43.4 Å². The van der Waals surface area contributed by atoms with E-state index in [1.807, 2.05) is 24.3 Å². The molecule has 5 heteroatoms. The lowest BCUT2D eigenvalue weighted by atomic mass is 10.3. The molecule has 0 amide bonds. The molecule has 84 valence electrons. The number of rotatable bonds is 2. The second-order valence-electron chi connectivity index (χ2n) is 3.27. The summed E-state index contributed by atoms with van der Waals surface area (Å²) in [6.07, 6.45) is 1.53. The van der Waals surface area contributed by atoms with Gasteiger partial charge in [0, 0.05) is 15.1 Å². The lowest BCUT2D eigenvalue weighted by Gasteiger charge is -2.09. The molecule has 2 aromatic rings. The number of aromatic nitrogens is 1. The van der Waals surface area contributed by atoms with Crippen LogP contribution >= 0.6 is 31.9 Å². The van der Waals surface area contributed by atoms with Crippen molar-refractivity contribution in [1.82, 2.24) is 4.98 Å². The van der Waals surface area contributed by atoms with Gasteiger partial charge in [-0.25, -0.2) is 4.98 Å². The van der Waals surface area contributed by atoms with E-state index in [-0.39, 0.29) is 0 Å². The Morgan fingerprint density at radius 3 is 2.35 bits per heavy atom. The van der Waals surface area contributed by atoms with Gasteiger partial charge in [-0.15, -0.1) is 0 Å². The molecule has 0 saturated carbocycles. The first-order valence-corrected chi connectivity index (χ1v) is 6.36. The molecule has 0 aliphatic heterocycles.